The van der Waals surface area contributed by atoms with E-state index in [9.17, 15) is 14.4 Å². The topological polar surface area (TPSA) is 69.7 Å². The number of halogens is 2. The van der Waals surface area contributed by atoms with Crippen LogP contribution < -0.4 is 5.32 Å². The highest BCUT2D eigenvalue weighted by Crippen LogP contribution is 2.32. The lowest BCUT2D eigenvalue weighted by atomic mass is 10.1. The van der Waals surface area contributed by atoms with E-state index in [1.807, 2.05) is 30.8 Å². The maximum atomic E-state index is 13.0. The number of nitrogens with one attached hydrogen (secondary N) is 1. The van der Waals surface area contributed by atoms with Gasteiger partial charge in [-0.1, -0.05) is 35.3 Å². The van der Waals surface area contributed by atoms with E-state index in [1.165, 1.54) is 19.1 Å². The Hall–Kier alpha value is -2.06. The van der Waals surface area contributed by atoms with Gasteiger partial charge in [-0.25, -0.2) is 0 Å². The largest absolute Gasteiger partial charge is 0.324 e. The van der Waals surface area contributed by atoms with Gasteiger partial charge < -0.3 is 5.32 Å². The summed E-state index contributed by atoms with van der Waals surface area (Å²) in [6.07, 6.45) is 0. The van der Waals surface area contributed by atoms with Crippen LogP contribution in [-0.4, -0.2) is 58.2 Å². The normalized spacial score (nSPS) is 17.4. The van der Waals surface area contributed by atoms with Gasteiger partial charge in [0.1, 0.15) is 6.04 Å². The molecule has 0 saturated carbocycles. The highest BCUT2D eigenvalue weighted by atomic mass is 35.5. The maximum absolute atomic E-state index is 13.0. The molecule has 1 saturated heterocycles. The zero-order valence-electron chi connectivity index (χ0n) is 17.8. The summed E-state index contributed by atoms with van der Waals surface area (Å²) in [6.45, 7) is 6.35. The van der Waals surface area contributed by atoms with E-state index in [0.29, 0.717) is 5.69 Å². The first-order valence-electron chi connectivity index (χ1n) is 10.3. The number of carbonyl (C=O) groups is 3. The molecule has 0 aromatic heterocycles. The summed E-state index contributed by atoms with van der Waals surface area (Å²) in [5, 5.41) is 3.27. The second kappa shape index (κ2) is 9.43. The van der Waals surface area contributed by atoms with E-state index in [2.05, 4.69) is 16.3 Å². The third kappa shape index (κ3) is 4.53. The molecule has 9 heteroatoms. The van der Waals surface area contributed by atoms with Gasteiger partial charge >= 0.3 is 0 Å². The van der Waals surface area contributed by atoms with Crippen molar-refractivity contribution in [3.8, 4) is 0 Å². The Labute approximate surface area is 201 Å². The number of hydrogen-bond acceptors (Lipinski definition) is 5. The number of hydrogen-bond donors (Lipinski definition) is 1. The Morgan fingerprint density at radius 3 is 2.25 bits per heavy atom. The summed E-state index contributed by atoms with van der Waals surface area (Å²) >= 11 is 14.0. The second-order valence-corrected chi connectivity index (χ2v) is 10.0. The van der Waals surface area contributed by atoms with Crippen LogP contribution in [0.3, 0.4) is 0 Å². The van der Waals surface area contributed by atoms with Crippen LogP contribution in [0.15, 0.2) is 30.3 Å². The zero-order valence-corrected chi connectivity index (χ0v) is 20.1. The van der Waals surface area contributed by atoms with Crippen LogP contribution >= 0.6 is 35.0 Å². The molecule has 1 atom stereocenters. The number of carbonyl (C=O) groups excluding carboxylic acids is 3. The first kappa shape index (κ1) is 23.1. The molecular formula is C23H23Cl2N3O3S. The first-order chi connectivity index (χ1) is 15.3. The molecule has 1 fully saturated rings. The van der Waals surface area contributed by atoms with Crippen molar-refractivity contribution in [3.05, 3.63) is 62.6 Å². The number of thioether (sulfide) groups is 1. The lowest BCUT2D eigenvalue weighted by Crippen LogP contribution is -2.45. The fourth-order valence-corrected chi connectivity index (χ4v) is 5.18. The Morgan fingerprint density at radius 2 is 1.66 bits per heavy atom. The van der Waals surface area contributed by atoms with Crippen LogP contribution in [0.5, 0.6) is 0 Å². The van der Waals surface area contributed by atoms with Crippen molar-refractivity contribution in [1.82, 2.24) is 9.80 Å². The SMILES string of the molecule is Cc1ccc(CN2CCSCC2)cc1NC(=O)C(C)N1C(=O)c2cc(Cl)c(Cl)cc2C1=O. The number of rotatable bonds is 5. The lowest BCUT2D eigenvalue weighted by molar-refractivity contribution is -0.119. The third-order valence-electron chi connectivity index (χ3n) is 5.80. The van der Waals surface area contributed by atoms with Crippen molar-refractivity contribution < 1.29 is 14.4 Å². The molecule has 2 heterocycles. The smallest absolute Gasteiger partial charge is 0.262 e. The Morgan fingerprint density at radius 1 is 1.06 bits per heavy atom. The Kier molecular flexibility index (Phi) is 6.81. The molecule has 2 aromatic rings. The van der Waals surface area contributed by atoms with Gasteiger partial charge in [-0.3, -0.25) is 24.2 Å². The standard InChI is InChI=1S/C23H23Cl2N3O3S/c1-13-3-4-15(12-27-5-7-32-8-6-27)9-20(13)26-21(29)14(2)28-22(30)16-10-18(24)19(25)11-17(16)23(28)31/h3-4,9-11,14H,5-8,12H2,1-2H3,(H,26,29). The first-order valence-corrected chi connectivity index (χ1v) is 12.2. The average molecular weight is 492 g/mol. The van der Waals surface area contributed by atoms with E-state index in [-0.39, 0.29) is 21.2 Å². The summed E-state index contributed by atoms with van der Waals surface area (Å²) in [6, 6.07) is 7.74. The molecule has 0 radical (unpaired) electrons. The van der Waals surface area contributed by atoms with Gasteiger partial charge in [0.2, 0.25) is 5.91 Å². The molecule has 168 valence electrons. The molecular weight excluding hydrogens is 469 g/mol. The van der Waals surface area contributed by atoms with Crippen LogP contribution in [0.25, 0.3) is 0 Å². The van der Waals surface area contributed by atoms with Gasteiger partial charge in [-0.15, -0.1) is 0 Å². The Balaban J connectivity index is 1.50. The summed E-state index contributed by atoms with van der Waals surface area (Å²) < 4.78 is 0. The minimum Gasteiger partial charge on any atom is -0.324 e. The summed E-state index contributed by atoms with van der Waals surface area (Å²) in [5.74, 6) is 0.707. The fraction of sp³-hybridized carbons (Fsp3) is 0.348. The molecule has 1 unspecified atom stereocenters. The molecule has 2 aliphatic rings. The molecule has 0 spiro atoms. The van der Waals surface area contributed by atoms with E-state index in [0.717, 1.165) is 47.2 Å². The maximum Gasteiger partial charge on any atom is 0.262 e. The third-order valence-corrected chi connectivity index (χ3v) is 7.46. The number of imide groups is 1. The van der Waals surface area contributed by atoms with Crippen molar-refractivity contribution in [3.63, 3.8) is 0 Å². The Bertz CT molecular complexity index is 1060. The molecule has 4 rings (SSSR count). The predicted octanol–water partition coefficient (Wildman–Crippen LogP) is 4.47. The van der Waals surface area contributed by atoms with Crippen LogP contribution in [0.2, 0.25) is 10.0 Å². The summed E-state index contributed by atoms with van der Waals surface area (Å²) in [7, 11) is 0. The van der Waals surface area contributed by atoms with Gasteiger partial charge in [0.15, 0.2) is 0 Å². The van der Waals surface area contributed by atoms with Crippen molar-refractivity contribution >= 4 is 58.4 Å². The van der Waals surface area contributed by atoms with E-state index < -0.39 is 23.8 Å². The molecule has 2 aliphatic heterocycles. The molecule has 0 aliphatic carbocycles. The van der Waals surface area contributed by atoms with Gasteiger partial charge in [0.05, 0.1) is 21.2 Å². The van der Waals surface area contributed by atoms with Crippen LogP contribution in [0.1, 0.15) is 38.8 Å². The average Bonchev–Trinajstić information content (AvgIpc) is 3.00. The van der Waals surface area contributed by atoms with Gasteiger partial charge in [0.25, 0.3) is 11.8 Å². The predicted molar refractivity (Wildman–Crippen MR) is 129 cm³/mol. The molecule has 1 N–H and O–H groups in total. The van der Waals surface area contributed by atoms with E-state index >= 15 is 0 Å². The minimum absolute atomic E-state index is 0.155. The molecule has 0 bridgehead atoms. The monoisotopic (exact) mass is 491 g/mol. The number of anilines is 1. The van der Waals surface area contributed by atoms with Gasteiger partial charge in [-0.05, 0) is 43.2 Å². The lowest BCUT2D eigenvalue weighted by Gasteiger charge is -2.26. The minimum atomic E-state index is -0.998. The van der Waals surface area contributed by atoms with Gasteiger partial charge in [0, 0.05) is 36.8 Å². The van der Waals surface area contributed by atoms with Gasteiger partial charge in [-0.2, -0.15) is 11.8 Å². The fourth-order valence-electron chi connectivity index (χ4n) is 3.88. The summed E-state index contributed by atoms with van der Waals surface area (Å²) in [5.41, 5.74) is 3.00. The molecule has 6 nitrogen and oxygen atoms in total. The van der Waals surface area contributed by atoms with Crippen molar-refractivity contribution in [1.29, 1.82) is 0 Å². The van der Waals surface area contributed by atoms with Crippen molar-refractivity contribution in [2.45, 2.75) is 26.4 Å². The number of amides is 3. The molecule has 32 heavy (non-hydrogen) atoms. The highest BCUT2D eigenvalue weighted by molar-refractivity contribution is 7.99. The summed E-state index contributed by atoms with van der Waals surface area (Å²) in [4.78, 5) is 42.0. The molecule has 2 aromatic carbocycles. The van der Waals surface area contributed by atoms with E-state index in [4.69, 9.17) is 23.2 Å². The number of benzene rings is 2. The zero-order chi connectivity index (χ0) is 23.0. The second-order valence-electron chi connectivity index (χ2n) is 8.00. The number of fused-ring (bicyclic) bond motifs is 1. The van der Waals surface area contributed by atoms with Crippen molar-refractivity contribution in [2.75, 3.05) is 29.9 Å². The molecule has 3 amide bonds. The highest BCUT2D eigenvalue weighted by Gasteiger charge is 2.41. The van der Waals surface area contributed by atoms with Crippen LogP contribution in [-0.2, 0) is 11.3 Å². The van der Waals surface area contributed by atoms with Crippen LogP contribution in [0, 0.1) is 6.92 Å². The van der Waals surface area contributed by atoms with E-state index in [1.54, 1.807) is 0 Å². The number of nitrogens with zero attached hydrogens (tertiary/aromatic N) is 2. The number of aryl methyl sites for hydroxylation is 1. The van der Waals surface area contributed by atoms with Crippen LogP contribution in [0.4, 0.5) is 5.69 Å². The van der Waals surface area contributed by atoms with Crippen molar-refractivity contribution in [2.24, 2.45) is 0 Å². The quantitative estimate of drug-likeness (QED) is 0.624.